The van der Waals surface area contributed by atoms with Crippen LogP contribution in [0.2, 0.25) is 5.02 Å². The molecular weight excluding hydrogens is 191 g/mol. The summed E-state index contributed by atoms with van der Waals surface area (Å²) in [7, 11) is 0. The van der Waals surface area contributed by atoms with Gasteiger partial charge in [-0.2, -0.15) is 0 Å². The summed E-state index contributed by atoms with van der Waals surface area (Å²) in [5.41, 5.74) is 5.85. The van der Waals surface area contributed by atoms with Gasteiger partial charge >= 0.3 is 0 Å². The molecule has 0 unspecified atom stereocenters. The summed E-state index contributed by atoms with van der Waals surface area (Å²) in [4.78, 5) is 0. The zero-order valence-corrected chi connectivity index (χ0v) is 7.94. The van der Waals surface area contributed by atoms with Crippen LogP contribution in [0.3, 0.4) is 0 Å². The third kappa shape index (κ3) is 2.95. The molecule has 1 aromatic rings. The van der Waals surface area contributed by atoms with Crippen molar-refractivity contribution in [3.05, 3.63) is 34.6 Å². The van der Waals surface area contributed by atoms with Gasteiger partial charge in [0.05, 0.1) is 5.02 Å². The van der Waals surface area contributed by atoms with Crippen molar-refractivity contribution in [1.82, 2.24) is 5.32 Å². The predicted molar refractivity (Wildman–Crippen MR) is 52.2 cm³/mol. The molecule has 0 radical (unpaired) electrons. The molecule has 0 bridgehead atoms. The maximum absolute atomic E-state index is 13.2. The minimum atomic E-state index is -0.353. The molecule has 1 rings (SSSR count). The molecular formula is C9H12ClFN2. The Kier molecular flexibility index (Phi) is 4.15. The SMILES string of the molecule is NCCNCc1cccc(Cl)c1F. The monoisotopic (exact) mass is 202 g/mol. The van der Waals surface area contributed by atoms with E-state index in [1.165, 1.54) is 6.07 Å². The lowest BCUT2D eigenvalue weighted by atomic mass is 10.2. The van der Waals surface area contributed by atoms with Crippen LogP contribution in [0.25, 0.3) is 0 Å². The summed E-state index contributed by atoms with van der Waals surface area (Å²) in [6.07, 6.45) is 0. The zero-order chi connectivity index (χ0) is 9.68. The van der Waals surface area contributed by atoms with Crippen LogP contribution in [0, 0.1) is 5.82 Å². The van der Waals surface area contributed by atoms with Crippen molar-refractivity contribution in [2.75, 3.05) is 13.1 Å². The largest absolute Gasteiger partial charge is 0.329 e. The molecule has 0 saturated carbocycles. The summed E-state index contributed by atoms with van der Waals surface area (Å²) < 4.78 is 13.2. The molecule has 0 aromatic heterocycles. The Hall–Kier alpha value is -0.640. The standard InChI is InChI=1S/C9H12ClFN2/c10-8-3-1-2-7(9(8)11)6-13-5-4-12/h1-3,13H,4-6,12H2. The number of halogens is 2. The van der Waals surface area contributed by atoms with E-state index >= 15 is 0 Å². The number of hydrogen-bond donors (Lipinski definition) is 2. The summed E-state index contributed by atoms with van der Waals surface area (Å²) in [6.45, 7) is 1.68. The van der Waals surface area contributed by atoms with Crippen molar-refractivity contribution < 1.29 is 4.39 Å². The number of hydrogen-bond acceptors (Lipinski definition) is 2. The Morgan fingerprint density at radius 2 is 2.23 bits per heavy atom. The van der Waals surface area contributed by atoms with Gasteiger partial charge < -0.3 is 11.1 Å². The zero-order valence-electron chi connectivity index (χ0n) is 7.19. The summed E-state index contributed by atoms with van der Waals surface area (Å²) >= 11 is 5.60. The Balaban J connectivity index is 2.61. The highest BCUT2D eigenvalue weighted by Crippen LogP contribution is 2.17. The number of nitrogens with two attached hydrogens (primary N) is 1. The van der Waals surface area contributed by atoms with Gasteiger partial charge in [0.25, 0.3) is 0 Å². The Morgan fingerprint density at radius 3 is 2.92 bits per heavy atom. The molecule has 0 atom stereocenters. The maximum Gasteiger partial charge on any atom is 0.146 e. The van der Waals surface area contributed by atoms with Crippen molar-refractivity contribution in [3.8, 4) is 0 Å². The van der Waals surface area contributed by atoms with Crippen LogP contribution in [0.4, 0.5) is 4.39 Å². The van der Waals surface area contributed by atoms with Gasteiger partial charge in [0, 0.05) is 25.2 Å². The minimum Gasteiger partial charge on any atom is -0.329 e. The minimum absolute atomic E-state index is 0.159. The highest BCUT2D eigenvalue weighted by atomic mass is 35.5. The van der Waals surface area contributed by atoms with Gasteiger partial charge in [-0.25, -0.2) is 4.39 Å². The van der Waals surface area contributed by atoms with Crippen molar-refractivity contribution >= 4 is 11.6 Å². The van der Waals surface area contributed by atoms with Crippen LogP contribution in [-0.2, 0) is 6.54 Å². The summed E-state index contributed by atoms with van der Waals surface area (Å²) in [5.74, 6) is -0.353. The van der Waals surface area contributed by atoms with Gasteiger partial charge in [-0.05, 0) is 6.07 Å². The van der Waals surface area contributed by atoms with Crippen LogP contribution in [0.1, 0.15) is 5.56 Å². The second kappa shape index (κ2) is 5.17. The summed E-state index contributed by atoms with van der Waals surface area (Å²) in [6, 6.07) is 4.96. The molecule has 0 aliphatic rings. The molecule has 4 heteroatoms. The van der Waals surface area contributed by atoms with Crippen molar-refractivity contribution in [2.45, 2.75) is 6.54 Å². The van der Waals surface area contributed by atoms with E-state index in [4.69, 9.17) is 17.3 Å². The average Bonchev–Trinajstić information content (AvgIpc) is 2.13. The first-order chi connectivity index (χ1) is 6.25. The second-order valence-corrected chi connectivity index (χ2v) is 3.09. The highest BCUT2D eigenvalue weighted by molar-refractivity contribution is 6.30. The predicted octanol–water partition coefficient (Wildman–Crippen LogP) is 1.53. The van der Waals surface area contributed by atoms with E-state index in [2.05, 4.69) is 5.32 Å². The lowest BCUT2D eigenvalue weighted by Crippen LogP contribution is -2.22. The Bertz CT molecular complexity index is 278. The summed E-state index contributed by atoms with van der Waals surface area (Å²) in [5, 5.41) is 3.16. The topological polar surface area (TPSA) is 38.0 Å². The quantitative estimate of drug-likeness (QED) is 0.727. The molecule has 0 aliphatic heterocycles. The van der Waals surface area contributed by atoms with Gasteiger partial charge in [0.2, 0.25) is 0 Å². The highest BCUT2D eigenvalue weighted by Gasteiger charge is 2.04. The van der Waals surface area contributed by atoms with E-state index in [0.717, 1.165) is 0 Å². The molecule has 72 valence electrons. The van der Waals surface area contributed by atoms with Gasteiger partial charge in [-0.15, -0.1) is 0 Å². The molecule has 0 heterocycles. The van der Waals surface area contributed by atoms with E-state index < -0.39 is 0 Å². The molecule has 0 aliphatic carbocycles. The van der Waals surface area contributed by atoms with E-state index in [-0.39, 0.29) is 10.8 Å². The smallest absolute Gasteiger partial charge is 0.146 e. The fourth-order valence-corrected chi connectivity index (χ4v) is 1.20. The first-order valence-corrected chi connectivity index (χ1v) is 4.47. The first-order valence-electron chi connectivity index (χ1n) is 4.09. The Labute approximate surface area is 81.9 Å². The average molecular weight is 203 g/mol. The van der Waals surface area contributed by atoms with Gasteiger partial charge in [-0.3, -0.25) is 0 Å². The van der Waals surface area contributed by atoms with Crippen molar-refractivity contribution in [3.63, 3.8) is 0 Å². The van der Waals surface area contributed by atoms with E-state index in [1.54, 1.807) is 12.1 Å². The van der Waals surface area contributed by atoms with Gasteiger partial charge in [0.15, 0.2) is 0 Å². The van der Waals surface area contributed by atoms with Crippen LogP contribution in [0.15, 0.2) is 18.2 Å². The lowest BCUT2D eigenvalue weighted by molar-refractivity contribution is 0.590. The first kappa shape index (κ1) is 10.4. The van der Waals surface area contributed by atoms with Crippen molar-refractivity contribution in [2.24, 2.45) is 5.73 Å². The molecule has 3 N–H and O–H groups in total. The molecule has 13 heavy (non-hydrogen) atoms. The lowest BCUT2D eigenvalue weighted by Gasteiger charge is -2.05. The molecule has 0 fully saturated rings. The Morgan fingerprint density at radius 1 is 1.46 bits per heavy atom. The number of benzene rings is 1. The third-order valence-electron chi connectivity index (χ3n) is 1.67. The van der Waals surface area contributed by atoms with Crippen LogP contribution in [0.5, 0.6) is 0 Å². The molecule has 0 spiro atoms. The fraction of sp³-hybridized carbons (Fsp3) is 0.333. The fourth-order valence-electron chi connectivity index (χ4n) is 1.01. The number of rotatable bonds is 4. The number of nitrogens with one attached hydrogen (secondary N) is 1. The van der Waals surface area contributed by atoms with Crippen LogP contribution >= 0.6 is 11.6 Å². The second-order valence-electron chi connectivity index (χ2n) is 2.68. The van der Waals surface area contributed by atoms with Gasteiger partial charge in [0.1, 0.15) is 5.82 Å². The normalized spacial score (nSPS) is 10.4. The van der Waals surface area contributed by atoms with E-state index in [0.29, 0.717) is 25.2 Å². The van der Waals surface area contributed by atoms with Crippen LogP contribution < -0.4 is 11.1 Å². The van der Waals surface area contributed by atoms with Gasteiger partial charge in [-0.1, -0.05) is 23.7 Å². The maximum atomic E-state index is 13.2. The van der Waals surface area contributed by atoms with E-state index in [1.807, 2.05) is 0 Å². The molecule has 0 amide bonds. The third-order valence-corrected chi connectivity index (χ3v) is 1.96. The molecule has 0 saturated heterocycles. The van der Waals surface area contributed by atoms with E-state index in [9.17, 15) is 4.39 Å². The molecule has 2 nitrogen and oxygen atoms in total. The molecule has 1 aromatic carbocycles. The van der Waals surface area contributed by atoms with Crippen molar-refractivity contribution in [1.29, 1.82) is 0 Å². The van der Waals surface area contributed by atoms with Crippen LogP contribution in [-0.4, -0.2) is 13.1 Å².